The van der Waals surface area contributed by atoms with E-state index in [4.69, 9.17) is 9.47 Å². The number of rotatable bonds is 5. The fraction of sp³-hybridized carbons (Fsp3) is 0.111. The van der Waals surface area contributed by atoms with Crippen molar-refractivity contribution in [2.75, 3.05) is 18.9 Å². The number of methoxy groups -OCH3 is 2. The van der Waals surface area contributed by atoms with Crippen molar-refractivity contribution in [2.24, 2.45) is 0 Å². The molecule has 0 saturated heterocycles. The summed E-state index contributed by atoms with van der Waals surface area (Å²) in [5.74, 6) is 0.0350. The summed E-state index contributed by atoms with van der Waals surface area (Å²) in [6.07, 6.45) is 1.78. The molecule has 3 rings (SSSR count). The van der Waals surface area contributed by atoms with Crippen LogP contribution >= 0.6 is 11.9 Å². The van der Waals surface area contributed by atoms with Crippen molar-refractivity contribution < 1.29 is 14.3 Å². The molecular weight excluding hydrogens is 324 g/mol. The summed E-state index contributed by atoms with van der Waals surface area (Å²) in [5, 5.41) is 1.09. The van der Waals surface area contributed by atoms with Gasteiger partial charge in [0.05, 0.1) is 24.6 Å². The molecule has 0 amide bonds. The summed E-state index contributed by atoms with van der Waals surface area (Å²) < 4.78 is 13.3. The summed E-state index contributed by atoms with van der Waals surface area (Å²) in [7, 11) is 2.87. The minimum Gasteiger partial charge on any atom is -0.496 e. The van der Waals surface area contributed by atoms with Crippen LogP contribution in [0.25, 0.3) is 10.9 Å². The SMILES string of the molecule is COC(=O)c1ccc(NSc2cccc3cccnc23)cc1OC. The number of nitrogens with one attached hydrogen (secondary N) is 1. The smallest absolute Gasteiger partial charge is 0.341 e. The average molecular weight is 340 g/mol. The molecule has 0 spiro atoms. The van der Waals surface area contributed by atoms with Crippen LogP contribution in [0.2, 0.25) is 0 Å². The zero-order chi connectivity index (χ0) is 16.9. The van der Waals surface area contributed by atoms with Crippen LogP contribution in [-0.4, -0.2) is 25.2 Å². The fourth-order valence-electron chi connectivity index (χ4n) is 2.31. The second-order valence-corrected chi connectivity index (χ2v) is 5.79. The molecular formula is C18H16N2O3S. The Bertz CT molecular complexity index is 878. The number of carbonyl (C=O) groups excluding carboxylic acids is 1. The van der Waals surface area contributed by atoms with Crippen molar-refractivity contribution in [3.63, 3.8) is 0 Å². The van der Waals surface area contributed by atoms with Crippen molar-refractivity contribution in [2.45, 2.75) is 4.90 Å². The number of anilines is 1. The molecule has 24 heavy (non-hydrogen) atoms. The maximum Gasteiger partial charge on any atom is 0.341 e. The minimum atomic E-state index is -0.427. The van der Waals surface area contributed by atoms with Crippen LogP contribution in [0, 0.1) is 0 Å². The molecule has 0 radical (unpaired) electrons. The molecule has 0 fully saturated rings. The first-order valence-corrected chi connectivity index (χ1v) is 8.07. The third-order valence-electron chi connectivity index (χ3n) is 3.48. The zero-order valence-electron chi connectivity index (χ0n) is 13.3. The number of hydrogen-bond acceptors (Lipinski definition) is 6. The number of aromatic nitrogens is 1. The van der Waals surface area contributed by atoms with Crippen LogP contribution in [0.3, 0.4) is 0 Å². The van der Waals surface area contributed by atoms with Gasteiger partial charge in [-0.25, -0.2) is 4.79 Å². The van der Waals surface area contributed by atoms with Gasteiger partial charge in [0, 0.05) is 23.3 Å². The van der Waals surface area contributed by atoms with E-state index in [9.17, 15) is 4.79 Å². The van der Waals surface area contributed by atoms with Gasteiger partial charge in [-0.2, -0.15) is 0 Å². The molecule has 0 aliphatic carbocycles. The van der Waals surface area contributed by atoms with E-state index in [-0.39, 0.29) is 0 Å². The molecule has 1 N–H and O–H groups in total. The lowest BCUT2D eigenvalue weighted by atomic mass is 10.2. The molecule has 0 saturated carbocycles. The van der Waals surface area contributed by atoms with Gasteiger partial charge in [-0.3, -0.25) is 4.98 Å². The van der Waals surface area contributed by atoms with E-state index in [0.717, 1.165) is 21.5 Å². The molecule has 0 bridgehead atoms. The normalized spacial score (nSPS) is 10.4. The lowest BCUT2D eigenvalue weighted by molar-refractivity contribution is 0.0597. The highest BCUT2D eigenvalue weighted by Crippen LogP contribution is 2.30. The summed E-state index contributed by atoms with van der Waals surface area (Å²) in [4.78, 5) is 17.1. The largest absolute Gasteiger partial charge is 0.496 e. The Labute approximate surface area is 144 Å². The highest BCUT2D eigenvalue weighted by Gasteiger charge is 2.13. The molecule has 5 nitrogen and oxygen atoms in total. The van der Waals surface area contributed by atoms with Crippen molar-refractivity contribution in [1.29, 1.82) is 0 Å². The highest BCUT2D eigenvalue weighted by molar-refractivity contribution is 8.00. The van der Waals surface area contributed by atoms with Crippen molar-refractivity contribution in [3.8, 4) is 5.75 Å². The number of pyridine rings is 1. The van der Waals surface area contributed by atoms with Gasteiger partial charge in [0.2, 0.25) is 0 Å². The molecule has 122 valence electrons. The number of benzene rings is 2. The lowest BCUT2D eigenvalue weighted by Crippen LogP contribution is -2.04. The first-order valence-electron chi connectivity index (χ1n) is 7.26. The van der Waals surface area contributed by atoms with Gasteiger partial charge in [-0.1, -0.05) is 18.2 Å². The molecule has 1 aromatic heterocycles. The molecule has 1 heterocycles. The topological polar surface area (TPSA) is 60.5 Å². The van der Waals surface area contributed by atoms with E-state index in [1.807, 2.05) is 30.3 Å². The van der Waals surface area contributed by atoms with Crippen molar-refractivity contribution >= 4 is 34.5 Å². The second-order valence-electron chi connectivity index (χ2n) is 4.94. The summed E-state index contributed by atoms with van der Waals surface area (Å²) in [6, 6.07) is 15.2. The lowest BCUT2D eigenvalue weighted by Gasteiger charge is -2.11. The van der Waals surface area contributed by atoms with Gasteiger partial charge < -0.3 is 14.2 Å². The summed E-state index contributed by atoms with van der Waals surface area (Å²) in [5.41, 5.74) is 2.15. The first kappa shape index (κ1) is 16.1. The summed E-state index contributed by atoms with van der Waals surface area (Å²) >= 11 is 1.46. The van der Waals surface area contributed by atoms with Crippen LogP contribution in [-0.2, 0) is 4.74 Å². The number of ether oxygens (including phenoxy) is 2. The van der Waals surface area contributed by atoms with E-state index in [0.29, 0.717) is 11.3 Å². The van der Waals surface area contributed by atoms with Crippen LogP contribution in [0.4, 0.5) is 5.69 Å². The minimum absolute atomic E-state index is 0.391. The number of fused-ring (bicyclic) bond motifs is 1. The van der Waals surface area contributed by atoms with Crippen LogP contribution in [0.5, 0.6) is 5.75 Å². The molecule has 0 unspecified atom stereocenters. The van der Waals surface area contributed by atoms with Crippen LogP contribution < -0.4 is 9.46 Å². The number of carbonyl (C=O) groups is 1. The van der Waals surface area contributed by atoms with Crippen LogP contribution in [0.1, 0.15) is 10.4 Å². The predicted molar refractivity (Wildman–Crippen MR) is 95.6 cm³/mol. The quantitative estimate of drug-likeness (QED) is 0.556. The van der Waals surface area contributed by atoms with Gasteiger partial charge in [0.15, 0.2) is 0 Å². The van der Waals surface area contributed by atoms with E-state index in [1.54, 1.807) is 24.4 Å². The Hall–Kier alpha value is -2.73. The maximum atomic E-state index is 11.7. The number of hydrogen-bond donors (Lipinski definition) is 1. The summed E-state index contributed by atoms with van der Waals surface area (Å²) in [6.45, 7) is 0. The maximum absolute atomic E-state index is 11.7. The molecule has 6 heteroatoms. The molecule has 0 aliphatic heterocycles. The predicted octanol–water partition coefficient (Wildman–Crippen LogP) is 4.15. The number of nitrogens with zero attached hydrogens (tertiary/aromatic N) is 1. The molecule has 2 aromatic carbocycles. The van der Waals surface area contributed by atoms with Gasteiger partial charge >= 0.3 is 5.97 Å². The Kier molecular flexibility index (Phi) is 4.86. The Morgan fingerprint density at radius 1 is 1.12 bits per heavy atom. The van der Waals surface area contributed by atoms with Gasteiger partial charge in [0.25, 0.3) is 0 Å². The number of para-hydroxylation sites is 1. The number of esters is 1. The average Bonchev–Trinajstić information content (AvgIpc) is 2.65. The van der Waals surface area contributed by atoms with Crippen molar-refractivity contribution in [1.82, 2.24) is 4.98 Å². The van der Waals surface area contributed by atoms with Gasteiger partial charge in [-0.15, -0.1) is 0 Å². The second kappa shape index (κ2) is 7.23. The molecule has 3 aromatic rings. The fourth-order valence-corrected chi connectivity index (χ4v) is 3.07. The standard InChI is InChI=1S/C18H16N2O3S/c1-22-15-11-13(8-9-14(15)18(21)23-2)20-24-16-7-3-5-12-6-4-10-19-17(12)16/h3-11,20H,1-2H3. The Morgan fingerprint density at radius 2 is 1.96 bits per heavy atom. The van der Waals surface area contributed by atoms with Crippen LogP contribution in [0.15, 0.2) is 59.6 Å². The van der Waals surface area contributed by atoms with E-state index >= 15 is 0 Å². The van der Waals surface area contributed by atoms with E-state index in [1.165, 1.54) is 26.2 Å². The third-order valence-corrected chi connectivity index (χ3v) is 4.37. The molecule has 0 atom stereocenters. The first-order chi connectivity index (χ1) is 11.7. The Morgan fingerprint density at radius 3 is 2.75 bits per heavy atom. The third kappa shape index (κ3) is 3.28. The van der Waals surface area contributed by atoms with Crippen molar-refractivity contribution in [3.05, 3.63) is 60.3 Å². The van der Waals surface area contributed by atoms with E-state index < -0.39 is 5.97 Å². The zero-order valence-corrected chi connectivity index (χ0v) is 14.1. The van der Waals surface area contributed by atoms with Gasteiger partial charge in [0.1, 0.15) is 11.3 Å². The monoisotopic (exact) mass is 340 g/mol. The Balaban J connectivity index is 1.82. The highest BCUT2D eigenvalue weighted by atomic mass is 32.2. The van der Waals surface area contributed by atoms with E-state index in [2.05, 4.69) is 9.71 Å². The van der Waals surface area contributed by atoms with Gasteiger partial charge in [-0.05, 0) is 36.2 Å². The molecule has 0 aliphatic rings.